The Hall–Kier alpha value is -1.51. The number of hydrogen-bond acceptors (Lipinski definition) is 2. The van der Waals surface area contributed by atoms with E-state index in [2.05, 4.69) is 24.5 Å². The number of para-hydroxylation sites is 2. The van der Waals surface area contributed by atoms with Gasteiger partial charge in [0.2, 0.25) is 6.41 Å². The van der Waals surface area contributed by atoms with Crippen molar-refractivity contribution in [1.82, 2.24) is 0 Å². The van der Waals surface area contributed by atoms with Gasteiger partial charge in [-0.25, -0.2) is 0 Å². The van der Waals surface area contributed by atoms with Crippen molar-refractivity contribution < 1.29 is 4.79 Å². The standard InChI is InChI=1S/C12H18N2O/c1-3-10(4-2)14-12-8-6-5-7-11(12)13-9-15/h5-10,14H,3-4H2,1-2H3,(H,13,15). The van der Waals surface area contributed by atoms with E-state index in [4.69, 9.17) is 0 Å². The van der Waals surface area contributed by atoms with Crippen molar-refractivity contribution in [2.45, 2.75) is 32.7 Å². The summed E-state index contributed by atoms with van der Waals surface area (Å²) in [6, 6.07) is 8.19. The van der Waals surface area contributed by atoms with E-state index in [1.54, 1.807) is 0 Å². The van der Waals surface area contributed by atoms with E-state index in [9.17, 15) is 4.79 Å². The first kappa shape index (κ1) is 11.6. The van der Waals surface area contributed by atoms with Crippen LogP contribution in [-0.2, 0) is 4.79 Å². The molecule has 0 heterocycles. The molecule has 3 heteroatoms. The van der Waals surface area contributed by atoms with Gasteiger partial charge in [-0.1, -0.05) is 26.0 Å². The number of nitrogens with one attached hydrogen (secondary N) is 2. The summed E-state index contributed by atoms with van der Waals surface area (Å²) in [4.78, 5) is 10.4. The predicted octanol–water partition coefficient (Wildman–Crippen LogP) is 2.86. The fraction of sp³-hybridized carbons (Fsp3) is 0.417. The van der Waals surface area contributed by atoms with Crippen LogP contribution in [0.3, 0.4) is 0 Å². The summed E-state index contributed by atoms with van der Waals surface area (Å²) in [6.45, 7) is 4.30. The Morgan fingerprint density at radius 1 is 1.20 bits per heavy atom. The van der Waals surface area contributed by atoms with E-state index >= 15 is 0 Å². The maximum absolute atomic E-state index is 10.4. The molecule has 3 nitrogen and oxygen atoms in total. The molecule has 0 aliphatic heterocycles. The highest BCUT2D eigenvalue weighted by molar-refractivity contribution is 5.80. The van der Waals surface area contributed by atoms with Crippen LogP contribution in [0.15, 0.2) is 24.3 Å². The molecule has 0 unspecified atom stereocenters. The van der Waals surface area contributed by atoms with Gasteiger partial charge >= 0.3 is 0 Å². The van der Waals surface area contributed by atoms with Gasteiger partial charge < -0.3 is 10.6 Å². The molecule has 0 bridgehead atoms. The highest BCUT2D eigenvalue weighted by atomic mass is 16.1. The Labute approximate surface area is 90.9 Å². The molecule has 82 valence electrons. The molecule has 1 amide bonds. The molecular formula is C12H18N2O. The van der Waals surface area contributed by atoms with Gasteiger partial charge in [0.1, 0.15) is 0 Å². The van der Waals surface area contributed by atoms with Gasteiger partial charge in [-0.05, 0) is 25.0 Å². The van der Waals surface area contributed by atoms with Crippen LogP contribution in [0.2, 0.25) is 0 Å². The van der Waals surface area contributed by atoms with E-state index in [-0.39, 0.29) is 0 Å². The predicted molar refractivity (Wildman–Crippen MR) is 64.1 cm³/mol. The fourth-order valence-electron chi connectivity index (χ4n) is 1.51. The minimum absolute atomic E-state index is 0.458. The maximum Gasteiger partial charge on any atom is 0.211 e. The molecule has 0 spiro atoms. The lowest BCUT2D eigenvalue weighted by atomic mass is 10.1. The Morgan fingerprint density at radius 3 is 2.33 bits per heavy atom. The summed E-state index contributed by atoms with van der Waals surface area (Å²) in [6.07, 6.45) is 2.85. The average Bonchev–Trinajstić information content (AvgIpc) is 2.28. The molecule has 0 saturated carbocycles. The second-order valence-electron chi connectivity index (χ2n) is 3.47. The highest BCUT2D eigenvalue weighted by Gasteiger charge is 2.05. The summed E-state index contributed by atoms with van der Waals surface area (Å²) in [7, 11) is 0. The van der Waals surface area contributed by atoms with Gasteiger partial charge in [0, 0.05) is 6.04 Å². The molecule has 0 aliphatic rings. The quantitative estimate of drug-likeness (QED) is 0.703. The Kier molecular flexibility index (Phi) is 4.68. The summed E-state index contributed by atoms with van der Waals surface area (Å²) in [5, 5.41) is 6.10. The average molecular weight is 206 g/mol. The number of carbonyl (C=O) groups excluding carboxylic acids is 1. The second kappa shape index (κ2) is 6.06. The summed E-state index contributed by atoms with van der Waals surface area (Å²) in [5.74, 6) is 0. The van der Waals surface area contributed by atoms with Gasteiger partial charge in [-0.15, -0.1) is 0 Å². The van der Waals surface area contributed by atoms with Gasteiger partial charge in [-0.3, -0.25) is 4.79 Å². The first-order valence-corrected chi connectivity index (χ1v) is 5.37. The third-order valence-electron chi connectivity index (χ3n) is 2.49. The first-order chi connectivity index (χ1) is 7.31. The van der Waals surface area contributed by atoms with Crippen molar-refractivity contribution in [2.24, 2.45) is 0 Å². The molecule has 0 radical (unpaired) electrons. The number of anilines is 2. The third kappa shape index (κ3) is 3.27. The van der Waals surface area contributed by atoms with Crippen LogP contribution >= 0.6 is 0 Å². The van der Waals surface area contributed by atoms with E-state index in [1.165, 1.54) is 0 Å². The number of rotatable bonds is 6. The Morgan fingerprint density at radius 2 is 1.80 bits per heavy atom. The van der Waals surface area contributed by atoms with Crippen molar-refractivity contribution in [2.75, 3.05) is 10.6 Å². The Balaban J connectivity index is 2.78. The molecule has 15 heavy (non-hydrogen) atoms. The van der Waals surface area contributed by atoms with E-state index < -0.39 is 0 Å². The van der Waals surface area contributed by atoms with Crippen LogP contribution < -0.4 is 10.6 Å². The minimum atomic E-state index is 0.458. The lowest BCUT2D eigenvalue weighted by Gasteiger charge is -2.18. The molecule has 0 fully saturated rings. The van der Waals surface area contributed by atoms with Gasteiger partial charge in [-0.2, -0.15) is 0 Å². The largest absolute Gasteiger partial charge is 0.381 e. The van der Waals surface area contributed by atoms with Crippen LogP contribution in [0.4, 0.5) is 11.4 Å². The Bertz CT molecular complexity index is 308. The summed E-state index contributed by atoms with van der Waals surface area (Å²) in [5.41, 5.74) is 1.82. The second-order valence-corrected chi connectivity index (χ2v) is 3.47. The SMILES string of the molecule is CCC(CC)Nc1ccccc1NC=O. The molecule has 0 aromatic heterocycles. The summed E-state index contributed by atoms with van der Waals surface area (Å²) >= 11 is 0. The molecule has 1 aromatic carbocycles. The zero-order chi connectivity index (χ0) is 11.1. The van der Waals surface area contributed by atoms with Crippen molar-refractivity contribution >= 4 is 17.8 Å². The van der Waals surface area contributed by atoms with Crippen LogP contribution in [0.25, 0.3) is 0 Å². The number of benzene rings is 1. The van der Waals surface area contributed by atoms with Gasteiger partial charge in [0.05, 0.1) is 11.4 Å². The molecule has 1 aromatic rings. The molecule has 0 atom stereocenters. The molecule has 0 saturated heterocycles. The van der Waals surface area contributed by atoms with E-state index in [0.717, 1.165) is 24.2 Å². The van der Waals surface area contributed by atoms with E-state index in [1.807, 2.05) is 24.3 Å². The zero-order valence-corrected chi connectivity index (χ0v) is 9.29. The molecule has 0 aliphatic carbocycles. The monoisotopic (exact) mass is 206 g/mol. The maximum atomic E-state index is 10.4. The highest BCUT2D eigenvalue weighted by Crippen LogP contribution is 2.22. The van der Waals surface area contributed by atoms with Gasteiger partial charge in [0.25, 0.3) is 0 Å². The van der Waals surface area contributed by atoms with Crippen LogP contribution in [-0.4, -0.2) is 12.5 Å². The fourth-order valence-corrected chi connectivity index (χ4v) is 1.51. The smallest absolute Gasteiger partial charge is 0.211 e. The topological polar surface area (TPSA) is 41.1 Å². The van der Waals surface area contributed by atoms with Crippen LogP contribution in [0.5, 0.6) is 0 Å². The number of carbonyl (C=O) groups is 1. The first-order valence-electron chi connectivity index (χ1n) is 5.37. The van der Waals surface area contributed by atoms with Crippen molar-refractivity contribution in [1.29, 1.82) is 0 Å². The number of amides is 1. The third-order valence-corrected chi connectivity index (χ3v) is 2.49. The minimum Gasteiger partial charge on any atom is -0.381 e. The van der Waals surface area contributed by atoms with E-state index in [0.29, 0.717) is 12.5 Å². The number of hydrogen-bond donors (Lipinski definition) is 2. The lowest BCUT2D eigenvalue weighted by Crippen LogP contribution is -2.17. The van der Waals surface area contributed by atoms with Crippen molar-refractivity contribution in [3.63, 3.8) is 0 Å². The zero-order valence-electron chi connectivity index (χ0n) is 9.29. The van der Waals surface area contributed by atoms with Crippen molar-refractivity contribution in [3.05, 3.63) is 24.3 Å². The van der Waals surface area contributed by atoms with Gasteiger partial charge in [0.15, 0.2) is 0 Å². The van der Waals surface area contributed by atoms with Crippen LogP contribution in [0, 0.1) is 0 Å². The lowest BCUT2D eigenvalue weighted by molar-refractivity contribution is -0.105. The van der Waals surface area contributed by atoms with Crippen molar-refractivity contribution in [3.8, 4) is 0 Å². The summed E-state index contributed by atoms with van der Waals surface area (Å²) < 4.78 is 0. The molecular weight excluding hydrogens is 188 g/mol. The molecule has 1 rings (SSSR count). The molecule has 2 N–H and O–H groups in total. The normalized spacial score (nSPS) is 10.1. The van der Waals surface area contributed by atoms with Crippen LogP contribution in [0.1, 0.15) is 26.7 Å².